The molecule has 0 aromatic heterocycles. The van der Waals surface area contributed by atoms with E-state index in [0.29, 0.717) is 6.42 Å². The van der Waals surface area contributed by atoms with Crippen molar-refractivity contribution in [2.75, 3.05) is 33.7 Å². The van der Waals surface area contributed by atoms with Crippen LogP contribution in [0.1, 0.15) is 426 Å². The van der Waals surface area contributed by atoms with Crippen molar-refractivity contribution in [3.63, 3.8) is 0 Å². The van der Waals surface area contributed by atoms with E-state index in [2.05, 4.69) is 107 Å². The molecule has 2 unspecified atom stereocenters. The summed E-state index contributed by atoms with van der Waals surface area (Å²) in [5.41, 5.74) is 0. The number of hydrogen-bond donors (Lipinski definition) is 1. The second-order valence-electron chi connectivity index (χ2n) is 28.8. The molecule has 0 aliphatic heterocycles. The normalized spacial score (nSPS) is 13.0. The standard InChI is InChI=1S/C85H162N2O5/c1-8-13-18-23-28-31-34-36-38-40-42-45-48-51-57-64-73-82(74-65-58-52-49-46-43-41-39-37-35-32-29-24-19-14-9-2)92-85(90)83(86(6)7)75-67-69-78-87(79-80(88)70-61-54-50-47-44-33-30-25-20-15-10-3)77-68-60-53-59-66-76-84(89)91-81(71-62-55-26-21-16-11-4)72-63-56-27-22-17-12-5/h28-29,31-32,36-39,80-83,88H,8-27,30,33-35,40-79H2,1-7H3/b31-28+,32-29+,38-36+,39-37+. The van der Waals surface area contributed by atoms with E-state index in [4.69, 9.17) is 9.47 Å². The number of nitrogens with zero attached hydrogens (tertiary/aromatic N) is 2. The molecule has 0 aromatic rings. The zero-order valence-electron chi connectivity index (χ0n) is 63.2. The van der Waals surface area contributed by atoms with E-state index in [1.807, 2.05) is 0 Å². The van der Waals surface area contributed by atoms with Gasteiger partial charge in [0.2, 0.25) is 0 Å². The summed E-state index contributed by atoms with van der Waals surface area (Å²) in [5, 5.41) is 11.4. The van der Waals surface area contributed by atoms with Gasteiger partial charge in [-0.05, 0) is 175 Å². The number of aliphatic hydroxyl groups excluding tert-OH is 1. The van der Waals surface area contributed by atoms with E-state index in [1.54, 1.807) is 0 Å². The number of ether oxygens (including phenoxy) is 2. The molecular weight excluding hydrogens is 1130 g/mol. The number of aliphatic hydroxyl groups is 1. The van der Waals surface area contributed by atoms with Crippen LogP contribution in [0.5, 0.6) is 0 Å². The maximum absolute atomic E-state index is 14.2. The minimum absolute atomic E-state index is 0.000441. The van der Waals surface area contributed by atoms with Crippen LogP contribution in [-0.2, 0) is 19.1 Å². The molecule has 0 amide bonds. The highest BCUT2D eigenvalue weighted by Crippen LogP contribution is 2.23. The summed E-state index contributed by atoms with van der Waals surface area (Å²) < 4.78 is 12.7. The summed E-state index contributed by atoms with van der Waals surface area (Å²) in [6, 6.07) is -0.242. The van der Waals surface area contributed by atoms with Gasteiger partial charge in [0.05, 0.1) is 6.10 Å². The highest BCUT2D eigenvalue weighted by molar-refractivity contribution is 5.75. The predicted octanol–water partition coefficient (Wildman–Crippen LogP) is 26.5. The molecule has 0 saturated carbocycles. The van der Waals surface area contributed by atoms with E-state index in [9.17, 15) is 14.7 Å². The molecule has 0 fully saturated rings. The largest absolute Gasteiger partial charge is 0.462 e. The van der Waals surface area contributed by atoms with Gasteiger partial charge in [0.15, 0.2) is 0 Å². The van der Waals surface area contributed by atoms with Crippen molar-refractivity contribution < 1.29 is 24.2 Å². The molecule has 0 aliphatic rings. The minimum Gasteiger partial charge on any atom is -0.462 e. The summed E-state index contributed by atoms with van der Waals surface area (Å²) in [6.45, 7) is 14.0. The third kappa shape index (κ3) is 66.4. The maximum Gasteiger partial charge on any atom is 0.323 e. The molecule has 0 rings (SSSR count). The van der Waals surface area contributed by atoms with Crippen LogP contribution < -0.4 is 0 Å². The van der Waals surface area contributed by atoms with Crippen molar-refractivity contribution in [1.82, 2.24) is 9.80 Å². The fourth-order valence-corrected chi connectivity index (χ4v) is 13.2. The highest BCUT2D eigenvalue weighted by Gasteiger charge is 2.26. The van der Waals surface area contributed by atoms with Gasteiger partial charge in [0.25, 0.3) is 0 Å². The molecule has 2 atom stereocenters. The van der Waals surface area contributed by atoms with Gasteiger partial charge in [-0.15, -0.1) is 0 Å². The van der Waals surface area contributed by atoms with E-state index < -0.39 is 0 Å². The fourth-order valence-electron chi connectivity index (χ4n) is 13.2. The Balaban J connectivity index is 5.45. The van der Waals surface area contributed by atoms with E-state index >= 15 is 0 Å². The Kier molecular flexibility index (Phi) is 72.8. The average Bonchev–Trinajstić information content (AvgIpc) is 2.00. The first-order valence-electron chi connectivity index (χ1n) is 41.3. The minimum atomic E-state index is -0.304. The number of carbonyl (C=O) groups excluding carboxylic acids is 2. The average molecular weight is 1290 g/mol. The van der Waals surface area contributed by atoms with Crippen molar-refractivity contribution in [2.45, 2.75) is 451 Å². The molecule has 7 heteroatoms. The third-order valence-electron chi connectivity index (χ3n) is 19.4. The number of allylic oxidation sites excluding steroid dienone is 8. The zero-order valence-corrected chi connectivity index (χ0v) is 63.2. The van der Waals surface area contributed by atoms with Crippen LogP contribution in [0.25, 0.3) is 0 Å². The van der Waals surface area contributed by atoms with Gasteiger partial charge >= 0.3 is 11.9 Å². The topological polar surface area (TPSA) is 79.3 Å². The van der Waals surface area contributed by atoms with Crippen molar-refractivity contribution in [2.24, 2.45) is 0 Å². The second-order valence-corrected chi connectivity index (χ2v) is 28.8. The number of esters is 2. The summed E-state index contributed by atoms with van der Waals surface area (Å²) in [6.07, 6.45) is 91.7. The molecule has 0 aliphatic carbocycles. The lowest BCUT2D eigenvalue weighted by molar-refractivity contribution is -0.156. The van der Waals surface area contributed by atoms with Crippen molar-refractivity contribution in [3.8, 4) is 0 Å². The second kappa shape index (κ2) is 74.6. The molecule has 92 heavy (non-hydrogen) atoms. The number of unbranched alkanes of at least 4 members (excludes halogenated alkanes) is 43. The lowest BCUT2D eigenvalue weighted by Crippen LogP contribution is -2.39. The molecule has 0 aromatic carbocycles. The smallest absolute Gasteiger partial charge is 0.323 e. The summed E-state index contributed by atoms with van der Waals surface area (Å²) in [5.74, 6) is -0.0196. The molecule has 0 spiro atoms. The molecule has 7 nitrogen and oxygen atoms in total. The van der Waals surface area contributed by atoms with Gasteiger partial charge in [-0.3, -0.25) is 14.5 Å². The van der Waals surface area contributed by atoms with Crippen LogP contribution in [0, 0.1) is 0 Å². The Morgan fingerprint density at radius 2 is 0.609 bits per heavy atom. The predicted molar refractivity (Wildman–Crippen MR) is 406 cm³/mol. The van der Waals surface area contributed by atoms with Gasteiger partial charge in [-0.25, -0.2) is 0 Å². The molecule has 0 saturated heterocycles. The first-order valence-corrected chi connectivity index (χ1v) is 41.3. The Hall–Kier alpha value is -2.22. The monoisotopic (exact) mass is 1290 g/mol. The number of likely N-dealkylation sites (N-methyl/N-ethyl adjacent to an activating group) is 1. The number of carbonyl (C=O) groups is 2. The van der Waals surface area contributed by atoms with E-state index in [0.717, 1.165) is 135 Å². The van der Waals surface area contributed by atoms with Crippen LogP contribution in [0.2, 0.25) is 0 Å². The van der Waals surface area contributed by atoms with Crippen LogP contribution in [0.15, 0.2) is 48.6 Å². The number of rotatable bonds is 75. The van der Waals surface area contributed by atoms with Crippen LogP contribution in [0.3, 0.4) is 0 Å². The summed E-state index contributed by atoms with van der Waals surface area (Å²) in [4.78, 5) is 32.0. The van der Waals surface area contributed by atoms with Gasteiger partial charge in [-0.2, -0.15) is 0 Å². The molecular formula is C85H162N2O5. The van der Waals surface area contributed by atoms with Crippen LogP contribution in [0.4, 0.5) is 0 Å². The first kappa shape index (κ1) is 89.8. The summed E-state index contributed by atoms with van der Waals surface area (Å²) >= 11 is 0. The van der Waals surface area contributed by atoms with Crippen molar-refractivity contribution >= 4 is 11.9 Å². The third-order valence-corrected chi connectivity index (χ3v) is 19.4. The van der Waals surface area contributed by atoms with Gasteiger partial charge in [0.1, 0.15) is 18.2 Å². The SMILES string of the molecule is CCCCC/C=C/C/C=C/CCCCCCCCC(CCCCCCCC/C=C/C/C=C/CCCCC)OC(=O)C(CCCCN(CCCCCCCC(=O)OC(CCCCCCCC)CCCCCCCC)CC(O)CCCCCCCCCCCCC)N(C)C. The van der Waals surface area contributed by atoms with Gasteiger partial charge in [0, 0.05) is 13.0 Å². The lowest BCUT2D eigenvalue weighted by Gasteiger charge is -2.27. The van der Waals surface area contributed by atoms with E-state index in [1.165, 1.54) is 270 Å². The highest BCUT2D eigenvalue weighted by atomic mass is 16.5. The quantitative estimate of drug-likeness (QED) is 0.0369. The molecule has 0 bridgehead atoms. The Labute approximate surface area is 576 Å². The van der Waals surface area contributed by atoms with Crippen LogP contribution in [-0.4, -0.2) is 84.9 Å². The molecule has 1 N–H and O–H groups in total. The van der Waals surface area contributed by atoms with Gasteiger partial charge < -0.3 is 19.5 Å². The Morgan fingerprint density at radius 1 is 0.326 bits per heavy atom. The zero-order chi connectivity index (χ0) is 66.9. The van der Waals surface area contributed by atoms with E-state index in [-0.39, 0.29) is 36.3 Å². The van der Waals surface area contributed by atoms with Gasteiger partial charge in [-0.1, -0.05) is 321 Å². The Bertz CT molecular complexity index is 1540. The van der Waals surface area contributed by atoms with Crippen molar-refractivity contribution in [1.29, 1.82) is 0 Å². The molecule has 0 heterocycles. The maximum atomic E-state index is 14.2. The first-order chi connectivity index (χ1) is 45.2. The lowest BCUT2D eigenvalue weighted by atomic mass is 10.0. The fraction of sp³-hybridized carbons (Fsp3) is 0.882. The number of hydrogen-bond acceptors (Lipinski definition) is 7. The van der Waals surface area contributed by atoms with Crippen LogP contribution >= 0.6 is 0 Å². The molecule has 542 valence electrons. The Morgan fingerprint density at radius 3 is 0.989 bits per heavy atom. The summed E-state index contributed by atoms with van der Waals surface area (Å²) in [7, 11) is 4.11. The van der Waals surface area contributed by atoms with Crippen molar-refractivity contribution in [3.05, 3.63) is 48.6 Å². The molecule has 0 radical (unpaired) electrons.